The van der Waals surface area contributed by atoms with Crippen LogP contribution in [0.1, 0.15) is 32.1 Å². The number of carbonyl (C=O) groups is 1. The summed E-state index contributed by atoms with van der Waals surface area (Å²) in [6.07, 6.45) is 7.72. The molecular formula is C22H21F2N5O3S. The van der Waals surface area contributed by atoms with Crippen molar-refractivity contribution in [1.29, 1.82) is 0 Å². The second-order valence-corrected chi connectivity index (χ2v) is 9.25. The number of hydrogen-bond acceptors (Lipinski definition) is 8. The number of carbonyl (C=O) groups excluding carboxylic acids is 1. The van der Waals surface area contributed by atoms with Crippen molar-refractivity contribution in [3.8, 4) is 18.2 Å². The van der Waals surface area contributed by atoms with Gasteiger partial charge >= 0.3 is 0 Å². The first-order chi connectivity index (χ1) is 16.4. The van der Waals surface area contributed by atoms with E-state index in [1.165, 1.54) is 17.8 Å². The van der Waals surface area contributed by atoms with Gasteiger partial charge in [-0.05, 0) is 19.4 Å². The van der Waals surface area contributed by atoms with Crippen molar-refractivity contribution in [1.82, 2.24) is 9.97 Å². The molecule has 3 N–H and O–H groups in total. The summed E-state index contributed by atoms with van der Waals surface area (Å²) in [5, 5.41) is 2.72. The molecule has 1 aromatic heterocycles. The normalized spacial score (nSPS) is 26.8. The van der Waals surface area contributed by atoms with Gasteiger partial charge in [-0.3, -0.25) is 9.79 Å². The van der Waals surface area contributed by atoms with Gasteiger partial charge in [-0.1, -0.05) is 17.7 Å². The van der Waals surface area contributed by atoms with Crippen molar-refractivity contribution in [2.24, 2.45) is 16.6 Å². The average molecular weight is 476 g/mol. The quantitative estimate of drug-likeness (QED) is 0.592. The van der Waals surface area contributed by atoms with Crippen molar-refractivity contribution in [3.63, 3.8) is 0 Å². The summed E-state index contributed by atoms with van der Waals surface area (Å²) in [5.74, 6) is -1.57. The first kappa shape index (κ1) is 20.4. The number of halogens is 2. The van der Waals surface area contributed by atoms with E-state index in [4.69, 9.17) is 24.4 Å². The Labute approximate surface area is 196 Å². The molecule has 1 fully saturated rings. The number of methoxy groups -OCH3 is 1. The van der Waals surface area contributed by atoms with Crippen molar-refractivity contribution >= 4 is 28.5 Å². The van der Waals surface area contributed by atoms with E-state index in [2.05, 4.69) is 20.3 Å². The van der Waals surface area contributed by atoms with Crippen LogP contribution in [0, 0.1) is 29.9 Å². The first-order valence-corrected chi connectivity index (χ1v) is 10.6. The highest BCUT2D eigenvalue weighted by Crippen LogP contribution is 2.66. The Balaban J connectivity index is 1.59. The zero-order valence-corrected chi connectivity index (χ0v) is 18.5. The maximum Gasteiger partial charge on any atom is 0.275 e. The van der Waals surface area contributed by atoms with E-state index in [0.29, 0.717) is 13.0 Å². The molecule has 0 unspecified atom stereocenters. The molecule has 33 heavy (non-hydrogen) atoms. The minimum Gasteiger partial charge on any atom is -0.463 e. The number of fused-ring (bicyclic) bond motifs is 1. The average Bonchev–Trinajstić information content (AvgIpc) is 3.51. The Morgan fingerprint density at radius 2 is 2.24 bits per heavy atom. The smallest absolute Gasteiger partial charge is 0.275 e. The fourth-order valence-electron chi connectivity index (χ4n) is 4.12. The van der Waals surface area contributed by atoms with Crippen LogP contribution in [0.2, 0.25) is 0 Å². The molecule has 3 atom stereocenters. The SMILES string of the molecule is [2H]C([2H])(C#C)Oc1cnc(C(=O)Nc2cc(F)c(F)c([C@@]3(C)N=C(N)S[C@@]4(COC)C[C@H]43)c2)cn1. The number of terminal acetylenes is 1. The third kappa shape index (κ3) is 4.24. The van der Waals surface area contributed by atoms with Gasteiger partial charge in [-0.2, -0.15) is 0 Å². The second kappa shape index (κ2) is 8.61. The van der Waals surface area contributed by atoms with Gasteiger partial charge in [0.05, 0.1) is 32.0 Å². The first-order valence-electron chi connectivity index (χ1n) is 10.8. The van der Waals surface area contributed by atoms with Gasteiger partial charge in [-0.15, -0.1) is 6.42 Å². The summed E-state index contributed by atoms with van der Waals surface area (Å²) in [5.41, 5.74) is 4.65. The summed E-state index contributed by atoms with van der Waals surface area (Å²) in [6.45, 7) is -0.331. The summed E-state index contributed by atoms with van der Waals surface area (Å²) < 4.78 is 54.2. The van der Waals surface area contributed by atoms with E-state index in [1.807, 2.05) is 0 Å². The predicted molar refractivity (Wildman–Crippen MR) is 120 cm³/mol. The number of amides is 1. The van der Waals surface area contributed by atoms with Gasteiger partial charge in [0.25, 0.3) is 5.91 Å². The Morgan fingerprint density at radius 1 is 1.45 bits per heavy atom. The van der Waals surface area contributed by atoms with Gasteiger partial charge in [0.2, 0.25) is 5.88 Å². The highest BCUT2D eigenvalue weighted by molar-refractivity contribution is 8.15. The van der Waals surface area contributed by atoms with Crippen molar-refractivity contribution in [2.75, 3.05) is 25.6 Å². The molecule has 2 aliphatic rings. The van der Waals surface area contributed by atoms with Gasteiger partial charge in [0, 0.05) is 30.3 Å². The summed E-state index contributed by atoms with van der Waals surface area (Å²) >= 11 is 1.37. The summed E-state index contributed by atoms with van der Waals surface area (Å²) in [4.78, 5) is 24.8. The predicted octanol–water partition coefficient (Wildman–Crippen LogP) is 2.70. The van der Waals surface area contributed by atoms with Crippen LogP contribution in [0.5, 0.6) is 5.88 Å². The Kier molecular flexibility index (Phi) is 5.32. The van der Waals surface area contributed by atoms with E-state index >= 15 is 0 Å². The van der Waals surface area contributed by atoms with E-state index in [0.717, 1.165) is 18.5 Å². The molecule has 1 aromatic carbocycles. The highest BCUT2D eigenvalue weighted by Gasteiger charge is 2.66. The van der Waals surface area contributed by atoms with Crippen LogP contribution in [-0.4, -0.2) is 46.1 Å². The third-order valence-corrected chi connectivity index (χ3v) is 6.92. The van der Waals surface area contributed by atoms with Crippen LogP contribution in [0.3, 0.4) is 0 Å². The number of nitrogens with zero attached hydrogens (tertiary/aromatic N) is 3. The Hall–Kier alpha value is -3.23. The minimum atomic E-state index is -2.40. The zero-order valence-electron chi connectivity index (χ0n) is 19.7. The van der Waals surface area contributed by atoms with Crippen LogP contribution in [0.4, 0.5) is 14.5 Å². The number of nitrogens with two attached hydrogens (primary N) is 1. The van der Waals surface area contributed by atoms with Gasteiger partial charge < -0.3 is 20.5 Å². The van der Waals surface area contributed by atoms with Crippen LogP contribution in [-0.2, 0) is 10.3 Å². The van der Waals surface area contributed by atoms with E-state index < -0.39 is 29.6 Å². The molecule has 1 saturated carbocycles. The number of thioether (sulfide) groups is 1. The topological polar surface area (TPSA) is 112 Å². The van der Waals surface area contributed by atoms with Crippen molar-refractivity contribution < 1.29 is 25.8 Å². The molecule has 172 valence electrons. The molecule has 2 heterocycles. The fraction of sp³-hybridized carbons (Fsp3) is 0.364. The lowest BCUT2D eigenvalue weighted by Gasteiger charge is -2.34. The maximum atomic E-state index is 15.0. The highest BCUT2D eigenvalue weighted by atomic mass is 32.2. The van der Waals surface area contributed by atoms with E-state index in [-0.39, 0.29) is 38.7 Å². The number of benzene rings is 1. The molecule has 0 bridgehead atoms. The molecule has 0 saturated heterocycles. The Morgan fingerprint density at radius 3 is 2.91 bits per heavy atom. The van der Waals surface area contributed by atoms with Crippen molar-refractivity contribution in [3.05, 3.63) is 47.4 Å². The van der Waals surface area contributed by atoms with Gasteiger partial charge in [0.15, 0.2) is 23.4 Å². The molecule has 4 rings (SSSR count). The van der Waals surface area contributed by atoms with Gasteiger partial charge in [0.1, 0.15) is 5.69 Å². The second-order valence-electron chi connectivity index (χ2n) is 7.82. The molecule has 1 amide bonds. The number of ether oxygens (including phenoxy) is 2. The molecule has 1 aliphatic heterocycles. The number of nitrogens with one attached hydrogen (secondary N) is 1. The van der Waals surface area contributed by atoms with Crippen LogP contribution in [0.15, 0.2) is 29.5 Å². The largest absolute Gasteiger partial charge is 0.463 e. The number of hydrogen-bond donors (Lipinski definition) is 2. The lowest BCUT2D eigenvalue weighted by molar-refractivity contribution is 0.102. The standard InChI is InChI=1S/C22H21F2N5O3S/c1-4-5-32-17-10-26-15(9-27-17)19(30)28-12-6-13(18(24)14(23)7-12)21(2)16-8-22(16,11-31-3)33-20(25)29-21/h1,6-7,9-10,16H,5,8,11H2,2-3H3,(H2,25,29)(H,28,30)/t16-,21+,22+/m0/s1/i5D2. The van der Waals surface area contributed by atoms with E-state index in [9.17, 15) is 13.6 Å². The number of rotatable bonds is 7. The number of amidine groups is 1. The number of anilines is 1. The Bertz CT molecular complexity index is 1260. The molecule has 0 radical (unpaired) electrons. The zero-order chi connectivity index (χ0) is 25.6. The molecule has 11 heteroatoms. The lowest BCUT2D eigenvalue weighted by Crippen LogP contribution is -2.38. The van der Waals surface area contributed by atoms with Crippen LogP contribution < -0.4 is 15.8 Å². The minimum absolute atomic E-state index is 0.0130. The number of aliphatic imine (C=N–C) groups is 1. The molecule has 8 nitrogen and oxygen atoms in total. The lowest BCUT2D eigenvalue weighted by atomic mass is 9.85. The molecule has 0 spiro atoms. The van der Waals surface area contributed by atoms with Crippen LogP contribution >= 0.6 is 11.8 Å². The molecule has 2 aromatic rings. The van der Waals surface area contributed by atoms with Crippen molar-refractivity contribution in [2.45, 2.75) is 23.6 Å². The monoisotopic (exact) mass is 475 g/mol. The van der Waals surface area contributed by atoms with E-state index in [1.54, 1.807) is 20.0 Å². The maximum absolute atomic E-state index is 15.0. The summed E-state index contributed by atoms with van der Waals surface area (Å²) in [6, 6.07) is 2.18. The molecule has 1 aliphatic carbocycles. The number of aromatic nitrogens is 2. The third-order valence-electron chi connectivity index (χ3n) is 5.65. The summed E-state index contributed by atoms with van der Waals surface area (Å²) in [7, 11) is 1.56. The molecular weight excluding hydrogens is 452 g/mol. The van der Waals surface area contributed by atoms with Crippen LogP contribution in [0.25, 0.3) is 0 Å². The van der Waals surface area contributed by atoms with Gasteiger partial charge in [-0.25, -0.2) is 18.7 Å². The fourth-order valence-corrected chi connectivity index (χ4v) is 5.57.